The lowest BCUT2D eigenvalue weighted by Gasteiger charge is -2.57. The Hall–Kier alpha value is -1.33. The van der Waals surface area contributed by atoms with Crippen molar-refractivity contribution < 1.29 is 23.9 Å². The molecule has 3 saturated carbocycles. The van der Waals surface area contributed by atoms with Gasteiger partial charge in [-0.1, -0.05) is 12.5 Å². The maximum Gasteiger partial charge on any atom is 0.192 e. The molecule has 5 heteroatoms. The molecule has 0 saturated heterocycles. The zero-order chi connectivity index (χ0) is 20.3. The smallest absolute Gasteiger partial charge is 0.192 e. The number of carbonyl (C=O) groups is 3. The molecule has 4 aliphatic rings. The molecule has 0 heterocycles. The Kier molecular flexibility index (Phi) is 4.90. The van der Waals surface area contributed by atoms with Crippen LogP contribution in [0.5, 0.6) is 0 Å². The average molecular weight is 389 g/mol. The first-order valence-corrected chi connectivity index (χ1v) is 10.6. The number of methoxy groups -OCH3 is 1. The summed E-state index contributed by atoms with van der Waals surface area (Å²) in [5, 5.41) is 0. The van der Waals surface area contributed by atoms with Crippen molar-refractivity contribution in [2.75, 3.05) is 13.9 Å². The van der Waals surface area contributed by atoms with E-state index in [1.165, 1.54) is 7.11 Å². The van der Waals surface area contributed by atoms with Gasteiger partial charge in [0.1, 0.15) is 12.6 Å². The summed E-state index contributed by atoms with van der Waals surface area (Å²) in [6.45, 7) is 6.02. The summed E-state index contributed by atoms with van der Waals surface area (Å²) in [4.78, 5) is 38.3. The van der Waals surface area contributed by atoms with Crippen molar-refractivity contribution in [3.8, 4) is 0 Å². The molecule has 3 fully saturated rings. The third kappa shape index (κ3) is 2.62. The summed E-state index contributed by atoms with van der Waals surface area (Å²) in [6.07, 6.45) is 6.42. The first-order chi connectivity index (χ1) is 13.2. The number of ketones is 3. The van der Waals surface area contributed by atoms with Crippen LogP contribution in [0.1, 0.15) is 59.3 Å². The van der Waals surface area contributed by atoms with Crippen molar-refractivity contribution in [3.63, 3.8) is 0 Å². The maximum atomic E-state index is 13.5. The third-order valence-electron chi connectivity index (χ3n) is 8.76. The highest BCUT2D eigenvalue weighted by Gasteiger charge is 2.62. The molecule has 0 aromatic rings. The second-order valence-corrected chi connectivity index (χ2v) is 9.79. The van der Waals surface area contributed by atoms with Gasteiger partial charge in [-0.25, -0.2) is 0 Å². The number of hydrogen-bond acceptors (Lipinski definition) is 5. The van der Waals surface area contributed by atoms with Crippen LogP contribution in [0, 0.1) is 34.5 Å². The van der Waals surface area contributed by atoms with E-state index in [2.05, 4.69) is 6.92 Å². The number of carbonyl (C=O) groups excluding carboxylic acids is 3. The van der Waals surface area contributed by atoms with Gasteiger partial charge in [0.05, 0.1) is 5.41 Å². The minimum atomic E-state index is -1.05. The number of hydrogen-bond donors (Lipinski definition) is 0. The largest absolute Gasteiger partial charge is 0.359 e. The van der Waals surface area contributed by atoms with Gasteiger partial charge < -0.3 is 9.47 Å². The molecule has 0 spiro atoms. The van der Waals surface area contributed by atoms with Crippen molar-refractivity contribution in [3.05, 3.63) is 11.6 Å². The van der Waals surface area contributed by atoms with E-state index >= 15 is 0 Å². The van der Waals surface area contributed by atoms with E-state index in [4.69, 9.17) is 9.47 Å². The minimum absolute atomic E-state index is 0.0590. The van der Waals surface area contributed by atoms with Crippen LogP contribution in [0.3, 0.4) is 0 Å². The van der Waals surface area contributed by atoms with Crippen LogP contribution < -0.4 is 0 Å². The molecule has 0 aromatic heterocycles. The number of allylic oxidation sites excluding steroid dienone is 1. The van der Waals surface area contributed by atoms with Crippen LogP contribution in [-0.4, -0.2) is 37.4 Å². The zero-order valence-electron chi connectivity index (χ0n) is 17.5. The first-order valence-electron chi connectivity index (χ1n) is 10.6. The van der Waals surface area contributed by atoms with Crippen molar-refractivity contribution in [1.29, 1.82) is 0 Å². The third-order valence-corrected chi connectivity index (χ3v) is 8.76. The summed E-state index contributed by atoms with van der Waals surface area (Å²) in [5.41, 5.74) is 0.417. The fraction of sp³-hybridized carbons (Fsp3) is 0.783. The molecule has 5 nitrogen and oxygen atoms in total. The molecule has 28 heavy (non-hydrogen) atoms. The van der Waals surface area contributed by atoms with Crippen LogP contribution in [0.2, 0.25) is 0 Å². The fourth-order valence-electron chi connectivity index (χ4n) is 7.40. The van der Waals surface area contributed by atoms with Gasteiger partial charge in [0.15, 0.2) is 17.7 Å². The second-order valence-electron chi connectivity index (χ2n) is 9.79. The van der Waals surface area contributed by atoms with Gasteiger partial charge in [-0.05, 0) is 81.6 Å². The van der Waals surface area contributed by atoms with E-state index in [-0.39, 0.29) is 35.6 Å². The monoisotopic (exact) mass is 388 g/mol. The number of rotatable bonds is 4. The molecule has 4 rings (SSSR count). The highest BCUT2D eigenvalue weighted by atomic mass is 16.7. The van der Waals surface area contributed by atoms with Gasteiger partial charge in [0, 0.05) is 13.0 Å². The predicted molar refractivity (Wildman–Crippen MR) is 103 cm³/mol. The first kappa shape index (κ1) is 20.0. The van der Waals surface area contributed by atoms with E-state index in [9.17, 15) is 14.4 Å². The highest BCUT2D eigenvalue weighted by Crippen LogP contribution is 2.66. The van der Waals surface area contributed by atoms with Crippen LogP contribution >= 0.6 is 0 Å². The van der Waals surface area contributed by atoms with Gasteiger partial charge in [-0.2, -0.15) is 0 Å². The lowest BCUT2D eigenvalue weighted by Crippen LogP contribution is -2.57. The Bertz CT molecular complexity index is 739. The summed E-state index contributed by atoms with van der Waals surface area (Å²) >= 11 is 0. The maximum absolute atomic E-state index is 13.5. The molecule has 7 atom stereocenters. The molecule has 1 unspecified atom stereocenters. The summed E-state index contributed by atoms with van der Waals surface area (Å²) in [5.74, 6) is 1.29. The van der Waals surface area contributed by atoms with Gasteiger partial charge in [0.25, 0.3) is 0 Å². The van der Waals surface area contributed by atoms with Gasteiger partial charge in [-0.15, -0.1) is 0 Å². The minimum Gasteiger partial charge on any atom is -0.359 e. The normalized spacial score (nSPS) is 45.1. The Morgan fingerprint density at radius 2 is 1.89 bits per heavy atom. The predicted octanol–water partition coefficient (Wildman–Crippen LogP) is 3.50. The van der Waals surface area contributed by atoms with Crippen LogP contribution in [0.4, 0.5) is 0 Å². The van der Waals surface area contributed by atoms with Gasteiger partial charge in [-0.3, -0.25) is 14.4 Å². The summed E-state index contributed by atoms with van der Waals surface area (Å²) < 4.78 is 10.4. The topological polar surface area (TPSA) is 69.7 Å². The Balaban J connectivity index is 1.67. The number of Topliss-reactive ketones (excluding diaryl/α,β-unsaturated/α-hetero) is 2. The standard InChI is InChI=1S/C23H32O5/c1-13(24)16-7-8-17-15-6-5-14-11-19(25)20(28-12-27-4)21(26)23(14,3)18(15)9-10-22(16,17)2/h11,15-18,20H,5-10,12H2,1-4H3/t15-,16+,17-,18-,20?,22+,23-/m0/s1. The molecule has 0 aromatic carbocycles. The number of fused-ring (bicyclic) bond motifs is 5. The molecule has 0 radical (unpaired) electrons. The van der Waals surface area contributed by atoms with E-state index < -0.39 is 11.5 Å². The summed E-state index contributed by atoms with van der Waals surface area (Å²) in [6, 6.07) is 0. The molecule has 154 valence electrons. The second kappa shape index (κ2) is 6.88. The molecule has 0 bridgehead atoms. The van der Waals surface area contributed by atoms with Crippen LogP contribution in [-0.2, 0) is 23.9 Å². The Labute approximate surface area is 167 Å². The SMILES string of the molecule is COCOC1C(=O)C=C2CC[C@@H]3[C@H](CC[C@]4(C)[C@@H](C(C)=O)CC[C@@H]34)[C@@]2(C)C1=O. The van der Waals surface area contributed by atoms with Crippen molar-refractivity contribution in [2.45, 2.75) is 65.4 Å². The van der Waals surface area contributed by atoms with Crippen molar-refractivity contribution >= 4 is 17.3 Å². The lowest BCUT2D eigenvalue weighted by molar-refractivity contribution is -0.163. The molecule has 0 N–H and O–H groups in total. The van der Waals surface area contributed by atoms with E-state index in [1.807, 2.05) is 6.92 Å². The van der Waals surface area contributed by atoms with Crippen LogP contribution in [0.25, 0.3) is 0 Å². The van der Waals surface area contributed by atoms with Crippen LogP contribution in [0.15, 0.2) is 11.6 Å². The Morgan fingerprint density at radius 3 is 2.57 bits per heavy atom. The molecule has 0 aliphatic heterocycles. The molecule has 4 aliphatic carbocycles. The quantitative estimate of drug-likeness (QED) is 0.545. The molecule has 0 amide bonds. The summed E-state index contributed by atoms with van der Waals surface area (Å²) in [7, 11) is 1.49. The highest BCUT2D eigenvalue weighted by molar-refractivity contribution is 6.16. The van der Waals surface area contributed by atoms with E-state index in [1.54, 1.807) is 13.0 Å². The Morgan fingerprint density at radius 1 is 1.14 bits per heavy atom. The zero-order valence-corrected chi connectivity index (χ0v) is 17.5. The van der Waals surface area contributed by atoms with Crippen molar-refractivity contribution in [1.82, 2.24) is 0 Å². The van der Waals surface area contributed by atoms with E-state index in [0.717, 1.165) is 44.1 Å². The van der Waals surface area contributed by atoms with Crippen molar-refractivity contribution in [2.24, 2.45) is 34.5 Å². The van der Waals surface area contributed by atoms with Gasteiger partial charge >= 0.3 is 0 Å². The lowest BCUT2D eigenvalue weighted by atomic mass is 9.46. The number of ether oxygens (including phenoxy) is 2. The molecular formula is C23H32O5. The fourth-order valence-corrected chi connectivity index (χ4v) is 7.40. The molecular weight excluding hydrogens is 356 g/mol. The van der Waals surface area contributed by atoms with E-state index in [0.29, 0.717) is 17.6 Å². The van der Waals surface area contributed by atoms with Gasteiger partial charge in [0.2, 0.25) is 0 Å². The average Bonchev–Trinajstić information content (AvgIpc) is 3.00.